The number of fused-ring (bicyclic) bond motifs is 1. The molecule has 1 aromatic carbocycles. The van der Waals surface area contributed by atoms with Gasteiger partial charge < -0.3 is 10.2 Å². The molecule has 0 aliphatic carbocycles. The van der Waals surface area contributed by atoms with Gasteiger partial charge in [0.2, 0.25) is 10.1 Å². The Bertz CT molecular complexity index is 732. The summed E-state index contributed by atoms with van der Waals surface area (Å²) in [6, 6.07) is 10.7. The van der Waals surface area contributed by atoms with E-state index in [2.05, 4.69) is 50.6 Å². The summed E-state index contributed by atoms with van der Waals surface area (Å²) in [5.41, 5.74) is 2.34. The molecule has 1 aliphatic heterocycles. The summed E-state index contributed by atoms with van der Waals surface area (Å²) in [7, 11) is 0. The predicted molar refractivity (Wildman–Crippen MR) is 90.9 cm³/mol. The molecule has 5 nitrogen and oxygen atoms in total. The highest BCUT2D eigenvalue weighted by Crippen LogP contribution is 2.25. The normalized spacial score (nSPS) is 18.2. The first-order chi connectivity index (χ1) is 10.8. The van der Waals surface area contributed by atoms with E-state index in [1.807, 2.05) is 17.6 Å². The highest BCUT2D eigenvalue weighted by Gasteiger charge is 2.22. The van der Waals surface area contributed by atoms with E-state index >= 15 is 0 Å². The van der Waals surface area contributed by atoms with Crippen LogP contribution in [0.25, 0.3) is 4.96 Å². The Hall–Kier alpha value is -2.08. The first-order valence-electron chi connectivity index (χ1n) is 7.64. The summed E-state index contributed by atoms with van der Waals surface area (Å²) in [5, 5.41) is 8.95. The molecule has 1 fully saturated rings. The second-order valence-electron chi connectivity index (χ2n) is 5.83. The monoisotopic (exact) mass is 313 g/mol. The van der Waals surface area contributed by atoms with Crippen LogP contribution in [0.3, 0.4) is 0 Å². The summed E-state index contributed by atoms with van der Waals surface area (Å²) in [5.74, 6) is 0.665. The molecule has 1 saturated heterocycles. The number of imidazole rings is 1. The number of hydrogen-bond acceptors (Lipinski definition) is 5. The van der Waals surface area contributed by atoms with Crippen molar-refractivity contribution in [2.24, 2.45) is 5.92 Å². The van der Waals surface area contributed by atoms with Gasteiger partial charge in [-0.3, -0.25) is 0 Å². The van der Waals surface area contributed by atoms with Gasteiger partial charge in [-0.1, -0.05) is 29.5 Å². The van der Waals surface area contributed by atoms with Crippen molar-refractivity contribution in [3.63, 3.8) is 0 Å². The Kier molecular flexibility index (Phi) is 3.46. The van der Waals surface area contributed by atoms with Crippen LogP contribution < -0.4 is 10.2 Å². The first kappa shape index (κ1) is 13.6. The molecule has 1 unspecified atom stereocenters. The number of rotatable bonds is 4. The van der Waals surface area contributed by atoms with Crippen LogP contribution in [0.2, 0.25) is 0 Å². The largest absolute Gasteiger partial charge is 0.371 e. The van der Waals surface area contributed by atoms with Crippen molar-refractivity contribution in [1.29, 1.82) is 0 Å². The van der Waals surface area contributed by atoms with Gasteiger partial charge in [0.15, 0.2) is 0 Å². The molecule has 1 aliphatic rings. The zero-order chi connectivity index (χ0) is 14.9. The molecule has 1 atom stereocenters. The van der Waals surface area contributed by atoms with Crippen LogP contribution in [0.1, 0.15) is 12.1 Å². The van der Waals surface area contributed by atoms with Crippen molar-refractivity contribution >= 4 is 27.1 Å². The Morgan fingerprint density at radius 2 is 2.18 bits per heavy atom. The molecule has 1 N–H and O–H groups in total. The summed E-state index contributed by atoms with van der Waals surface area (Å²) >= 11 is 1.61. The van der Waals surface area contributed by atoms with Crippen LogP contribution in [-0.2, 0) is 0 Å². The van der Waals surface area contributed by atoms with E-state index < -0.39 is 0 Å². The molecule has 6 heteroatoms. The van der Waals surface area contributed by atoms with Gasteiger partial charge in [-0.2, -0.15) is 0 Å². The van der Waals surface area contributed by atoms with E-state index in [9.17, 15) is 0 Å². The van der Waals surface area contributed by atoms with Crippen LogP contribution in [0, 0.1) is 12.8 Å². The van der Waals surface area contributed by atoms with Crippen LogP contribution in [0.4, 0.5) is 10.8 Å². The van der Waals surface area contributed by atoms with Crippen molar-refractivity contribution in [3.8, 4) is 0 Å². The second-order valence-corrected chi connectivity index (χ2v) is 6.79. The van der Waals surface area contributed by atoms with Gasteiger partial charge >= 0.3 is 0 Å². The molecule has 114 valence electrons. The molecule has 3 aromatic rings. The molecular formula is C16H19N5S. The topological polar surface area (TPSA) is 45.5 Å². The SMILES string of the molecule is Cc1cn2nc(NCC3CCN(c4ccccc4)C3)sc2n1. The lowest BCUT2D eigenvalue weighted by Crippen LogP contribution is -2.22. The van der Waals surface area contributed by atoms with Gasteiger partial charge in [-0.15, -0.1) is 5.10 Å². The number of hydrogen-bond donors (Lipinski definition) is 1. The third-order valence-corrected chi connectivity index (χ3v) is 4.99. The van der Waals surface area contributed by atoms with E-state index in [0.717, 1.165) is 35.4 Å². The zero-order valence-electron chi connectivity index (χ0n) is 12.6. The fourth-order valence-corrected chi connectivity index (χ4v) is 3.82. The highest BCUT2D eigenvalue weighted by molar-refractivity contribution is 7.20. The standard InChI is InChI=1S/C16H19N5S/c1-12-10-21-16(18-12)22-15(19-21)17-9-13-7-8-20(11-13)14-5-3-2-4-6-14/h2-6,10,13H,7-9,11H2,1H3,(H,17,19). The van der Waals surface area contributed by atoms with E-state index in [0.29, 0.717) is 5.92 Å². The number of aromatic nitrogens is 3. The molecule has 0 bridgehead atoms. The molecule has 4 rings (SSSR count). The molecular weight excluding hydrogens is 294 g/mol. The minimum Gasteiger partial charge on any atom is -0.371 e. The lowest BCUT2D eigenvalue weighted by molar-refractivity contribution is 0.621. The summed E-state index contributed by atoms with van der Waals surface area (Å²) in [6.07, 6.45) is 3.19. The maximum Gasteiger partial charge on any atom is 0.214 e. The van der Waals surface area contributed by atoms with Crippen molar-refractivity contribution in [3.05, 3.63) is 42.2 Å². The Morgan fingerprint density at radius 1 is 1.32 bits per heavy atom. The Balaban J connectivity index is 1.35. The third-order valence-electron chi connectivity index (χ3n) is 4.11. The number of benzene rings is 1. The van der Waals surface area contributed by atoms with Gasteiger partial charge in [0.25, 0.3) is 0 Å². The quantitative estimate of drug-likeness (QED) is 0.804. The average molecular weight is 313 g/mol. The highest BCUT2D eigenvalue weighted by atomic mass is 32.1. The molecule has 22 heavy (non-hydrogen) atoms. The van der Waals surface area contributed by atoms with Crippen LogP contribution in [0.15, 0.2) is 36.5 Å². The molecule has 0 saturated carbocycles. The number of nitrogens with one attached hydrogen (secondary N) is 1. The number of para-hydroxylation sites is 1. The first-order valence-corrected chi connectivity index (χ1v) is 8.46. The van der Waals surface area contributed by atoms with Crippen LogP contribution in [0.5, 0.6) is 0 Å². The molecule has 3 heterocycles. The van der Waals surface area contributed by atoms with Crippen LogP contribution >= 0.6 is 11.3 Å². The summed E-state index contributed by atoms with van der Waals surface area (Å²) in [4.78, 5) is 7.85. The number of anilines is 2. The molecule has 0 amide bonds. The summed E-state index contributed by atoms with van der Waals surface area (Å²) < 4.78 is 1.85. The number of nitrogens with zero attached hydrogens (tertiary/aromatic N) is 4. The third kappa shape index (κ3) is 2.66. The molecule has 2 aromatic heterocycles. The Morgan fingerprint density at radius 3 is 3.00 bits per heavy atom. The van der Waals surface area contributed by atoms with Crippen molar-refractivity contribution < 1.29 is 0 Å². The van der Waals surface area contributed by atoms with Gasteiger partial charge in [0.1, 0.15) is 0 Å². The van der Waals surface area contributed by atoms with Gasteiger partial charge in [-0.25, -0.2) is 9.50 Å². The van der Waals surface area contributed by atoms with E-state index in [4.69, 9.17) is 0 Å². The average Bonchev–Trinajstić information content (AvgIpc) is 3.20. The Labute approximate surface area is 133 Å². The predicted octanol–water partition coefficient (Wildman–Crippen LogP) is 3.04. The van der Waals surface area contributed by atoms with Gasteiger partial charge in [0, 0.05) is 25.3 Å². The molecule has 0 radical (unpaired) electrons. The summed E-state index contributed by atoms with van der Waals surface area (Å²) in [6.45, 7) is 5.21. The van der Waals surface area contributed by atoms with Gasteiger partial charge in [0.05, 0.1) is 11.9 Å². The maximum atomic E-state index is 4.52. The lowest BCUT2D eigenvalue weighted by Gasteiger charge is -2.18. The lowest BCUT2D eigenvalue weighted by atomic mass is 10.1. The fourth-order valence-electron chi connectivity index (χ4n) is 2.98. The van der Waals surface area contributed by atoms with E-state index in [1.54, 1.807) is 11.3 Å². The molecule has 0 spiro atoms. The number of aryl methyl sites for hydroxylation is 1. The maximum absolute atomic E-state index is 4.52. The van der Waals surface area contributed by atoms with E-state index in [1.165, 1.54) is 12.1 Å². The van der Waals surface area contributed by atoms with Crippen molar-refractivity contribution in [2.75, 3.05) is 29.9 Å². The minimum absolute atomic E-state index is 0.665. The fraction of sp³-hybridized carbons (Fsp3) is 0.375. The van der Waals surface area contributed by atoms with Gasteiger partial charge in [-0.05, 0) is 31.4 Å². The zero-order valence-corrected chi connectivity index (χ0v) is 13.4. The van der Waals surface area contributed by atoms with E-state index in [-0.39, 0.29) is 0 Å². The smallest absolute Gasteiger partial charge is 0.214 e. The minimum atomic E-state index is 0.665. The second kappa shape index (κ2) is 5.61. The van der Waals surface area contributed by atoms with Crippen molar-refractivity contribution in [2.45, 2.75) is 13.3 Å². The van der Waals surface area contributed by atoms with Crippen LogP contribution in [-0.4, -0.2) is 34.2 Å². The van der Waals surface area contributed by atoms with Crippen molar-refractivity contribution in [1.82, 2.24) is 14.6 Å².